The molecule has 0 bridgehead atoms. The first-order valence-electron chi connectivity index (χ1n) is 8.76. The first kappa shape index (κ1) is 17.4. The van der Waals surface area contributed by atoms with Gasteiger partial charge < -0.3 is 19.7 Å². The number of morpholine rings is 1. The lowest BCUT2D eigenvalue weighted by Gasteiger charge is -2.40. The van der Waals surface area contributed by atoms with Gasteiger partial charge in [0.2, 0.25) is 0 Å². The minimum absolute atomic E-state index is 0.159. The van der Waals surface area contributed by atoms with Crippen molar-refractivity contribution < 1.29 is 14.6 Å². The van der Waals surface area contributed by atoms with E-state index in [1.54, 1.807) is 29.2 Å². The molecule has 7 heteroatoms. The minimum Gasteiger partial charge on any atom is -0.394 e. The first-order valence-corrected chi connectivity index (χ1v) is 8.76. The number of para-hydroxylation sites is 2. The summed E-state index contributed by atoms with van der Waals surface area (Å²) in [7, 11) is 0. The van der Waals surface area contributed by atoms with Crippen molar-refractivity contribution in [3.8, 4) is 0 Å². The average molecular weight is 365 g/mol. The van der Waals surface area contributed by atoms with Gasteiger partial charge in [0.15, 0.2) is 5.69 Å². The van der Waals surface area contributed by atoms with Crippen LogP contribution >= 0.6 is 0 Å². The molecule has 0 aliphatic carbocycles. The number of aromatic amines is 1. The summed E-state index contributed by atoms with van der Waals surface area (Å²) in [5, 5.41) is 9.74. The van der Waals surface area contributed by atoms with Crippen molar-refractivity contribution in [3.05, 3.63) is 76.2 Å². The third-order valence-corrected chi connectivity index (χ3v) is 4.74. The van der Waals surface area contributed by atoms with E-state index in [0.29, 0.717) is 17.6 Å². The number of nitrogens with one attached hydrogen (secondary N) is 1. The third-order valence-electron chi connectivity index (χ3n) is 4.74. The molecular formula is C20H19N3O4. The van der Waals surface area contributed by atoms with E-state index in [1.807, 2.05) is 30.3 Å². The lowest BCUT2D eigenvalue weighted by molar-refractivity contribution is -0.0813. The summed E-state index contributed by atoms with van der Waals surface area (Å²) in [6, 6.07) is 15.9. The van der Waals surface area contributed by atoms with Gasteiger partial charge in [-0.25, -0.2) is 4.98 Å². The number of benzene rings is 2. The quantitative estimate of drug-likeness (QED) is 0.733. The van der Waals surface area contributed by atoms with Gasteiger partial charge in [0.25, 0.3) is 11.5 Å². The molecule has 0 spiro atoms. The first-order chi connectivity index (χ1) is 13.2. The van der Waals surface area contributed by atoms with Gasteiger partial charge in [-0.15, -0.1) is 0 Å². The van der Waals surface area contributed by atoms with Crippen molar-refractivity contribution in [3.63, 3.8) is 0 Å². The molecule has 1 aliphatic heterocycles. The molecule has 2 N–H and O–H groups in total. The highest BCUT2D eigenvalue weighted by molar-refractivity contribution is 5.94. The fraction of sp³-hybridized carbons (Fsp3) is 0.250. The Balaban J connectivity index is 1.77. The molecule has 0 radical (unpaired) electrons. The van der Waals surface area contributed by atoms with Crippen LogP contribution < -0.4 is 5.56 Å². The standard InChI is InChI=1S/C20H19N3O4/c24-12-16-18(13-6-2-1-3-7-13)23(10-11-27-16)20(26)17-19(25)22-15-9-5-4-8-14(15)21-17/h1-9,16,18,24H,10-12H2,(H,22,25). The highest BCUT2D eigenvalue weighted by Gasteiger charge is 2.37. The average Bonchev–Trinajstić information content (AvgIpc) is 2.72. The van der Waals surface area contributed by atoms with Crippen LogP contribution in [-0.4, -0.2) is 51.7 Å². The van der Waals surface area contributed by atoms with Crippen molar-refractivity contribution >= 4 is 16.9 Å². The summed E-state index contributed by atoms with van der Waals surface area (Å²) in [6.07, 6.45) is -0.565. The number of fused-ring (bicyclic) bond motifs is 1. The second-order valence-corrected chi connectivity index (χ2v) is 6.38. The number of aliphatic hydroxyl groups is 1. The number of aliphatic hydroxyl groups excluding tert-OH is 1. The van der Waals surface area contributed by atoms with E-state index in [0.717, 1.165) is 5.56 Å². The minimum atomic E-state index is -0.565. The Kier molecular flexibility index (Phi) is 4.70. The van der Waals surface area contributed by atoms with Gasteiger partial charge in [-0.1, -0.05) is 42.5 Å². The van der Waals surface area contributed by atoms with E-state index in [2.05, 4.69) is 9.97 Å². The Bertz CT molecular complexity index is 1020. The van der Waals surface area contributed by atoms with E-state index in [4.69, 9.17) is 4.74 Å². The molecule has 4 rings (SSSR count). The Hall–Kier alpha value is -3.03. The van der Waals surface area contributed by atoms with Gasteiger partial charge in [0.05, 0.1) is 30.3 Å². The maximum Gasteiger partial charge on any atom is 0.280 e. The number of hydrogen-bond donors (Lipinski definition) is 2. The zero-order chi connectivity index (χ0) is 18.8. The van der Waals surface area contributed by atoms with Gasteiger partial charge in [-0.05, 0) is 17.7 Å². The molecule has 2 aromatic carbocycles. The van der Waals surface area contributed by atoms with Crippen molar-refractivity contribution in [2.45, 2.75) is 12.1 Å². The molecule has 138 valence electrons. The van der Waals surface area contributed by atoms with Crippen LogP contribution in [0.15, 0.2) is 59.4 Å². The van der Waals surface area contributed by atoms with E-state index in [9.17, 15) is 14.7 Å². The normalized spacial score (nSPS) is 20.0. The second-order valence-electron chi connectivity index (χ2n) is 6.38. The van der Waals surface area contributed by atoms with Crippen LogP contribution in [0.3, 0.4) is 0 Å². The fourth-order valence-electron chi connectivity index (χ4n) is 3.47. The van der Waals surface area contributed by atoms with E-state index in [-0.39, 0.29) is 18.9 Å². The maximum atomic E-state index is 13.2. The zero-order valence-electron chi connectivity index (χ0n) is 14.5. The third kappa shape index (κ3) is 3.22. The van der Waals surface area contributed by atoms with Crippen LogP contribution in [0.1, 0.15) is 22.1 Å². The summed E-state index contributed by atoms with van der Waals surface area (Å²) in [4.78, 5) is 34.2. The van der Waals surface area contributed by atoms with Crippen molar-refractivity contribution in [1.29, 1.82) is 0 Å². The van der Waals surface area contributed by atoms with Crippen LogP contribution in [-0.2, 0) is 4.74 Å². The number of carbonyl (C=O) groups excluding carboxylic acids is 1. The second kappa shape index (κ2) is 7.30. The van der Waals surface area contributed by atoms with Gasteiger partial charge >= 0.3 is 0 Å². The smallest absolute Gasteiger partial charge is 0.280 e. The summed E-state index contributed by atoms with van der Waals surface area (Å²) in [5.74, 6) is -0.474. The van der Waals surface area contributed by atoms with Crippen molar-refractivity contribution in [2.24, 2.45) is 0 Å². The largest absolute Gasteiger partial charge is 0.394 e. The molecular weight excluding hydrogens is 346 g/mol. The molecule has 2 heterocycles. The lowest BCUT2D eigenvalue weighted by Crippen LogP contribution is -2.50. The van der Waals surface area contributed by atoms with Gasteiger partial charge in [0, 0.05) is 6.54 Å². The Morgan fingerprint density at radius 2 is 1.93 bits per heavy atom. The highest BCUT2D eigenvalue weighted by atomic mass is 16.5. The highest BCUT2D eigenvalue weighted by Crippen LogP contribution is 2.30. The maximum absolute atomic E-state index is 13.2. The molecule has 7 nitrogen and oxygen atoms in total. The number of ether oxygens (including phenoxy) is 1. The number of hydrogen-bond acceptors (Lipinski definition) is 5. The van der Waals surface area contributed by atoms with Gasteiger partial charge in [-0.2, -0.15) is 0 Å². The Labute approximate surface area is 155 Å². The predicted octanol–water partition coefficient (Wildman–Crippen LogP) is 1.50. The fourth-order valence-corrected chi connectivity index (χ4v) is 3.47. The number of rotatable bonds is 3. The zero-order valence-corrected chi connectivity index (χ0v) is 14.5. The lowest BCUT2D eigenvalue weighted by atomic mass is 9.98. The van der Waals surface area contributed by atoms with E-state index < -0.39 is 23.6 Å². The van der Waals surface area contributed by atoms with Gasteiger partial charge in [-0.3, -0.25) is 9.59 Å². The van der Waals surface area contributed by atoms with Crippen molar-refractivity contribution in [2.75, 3.05) is 19.8 Å². The molecule has 1 fully saturated rings. The number of nitrogens with zero attached hydrogens (tertiary/aromatic N) is 2. The summed E-state index contributed by atoms with van der Waals surface area (Å²) in [5.41, 5.74) is 1.27. The molecule has 3 aromatic rings. The Morgan fingerprint density at radius 1 is 1.19 bits per heavy atom. The van der Waals surface area contributed by atoms with Crippen molar-refractivity contribution in [1.82, 2.24) is 14.9 Å². The van der Waals surface area contributed by atoms with Crippen LogP contribution in [0.4, 0.5) is 0 Å². The number of amides is 1. The SMILES string of the molecule is O=C(c1nc2ccccc2[nH]c1=O)N1CCOC(CO)C1c1ccccc1. The predicted molar refractivity (Wildman–Crippen MR) is 99.4 cm³/mol. The molecule has 2 atom stereocenters. The van der Waals surface area contributed by atoms with E-state index in [1.165, 1.54) is 0 Å². The molecule has 1 amide bonds. The monoisotopic (exact) mass is 365 g/mol. The Morgan fingerprint density at radius 3 is 2.70 bits per heavy atom. The number of H-pyrrole nitrogens is 1. The van der Waals surface area contributed by atoms with E-state index >= 15 is 0 Å². The van der Waals surface area contributed by atoms with Crippen LogP contribution in [0.5, 0.6) is 0 Å². The van der Waals surface area contributed by atoms with Gasteiger partial charge in [0.1, 0.15) is 6.10 Å². The summed E-state index contributed by atoms with van der Waals surface area (Å²) >= 11 is 0. The van der Waals surface area contributed by atoms with Crippen LogP contribution in [0, 0.1) is 0 Å². The molecule has 1 aromatic heterocycles. The molecule has 27 heavy (non-hydrogen) atoms. The van der Waals surface area contributed by atoms with Crippen LogP contribution in [0.25, 0.3) is 11.0 Å². The molecule has 0 saturated carbocycles. The summed E-state index contributed by atoms with van der Waals surface area (Å²) < 4.78 is 5.66. The topological polar surface area (TPSA) is 95.5 Å². The van der Waals surface area contributed by atoms with Crippen LogP contribution in [0.2, 0.25) is 0 Å². The molecule has 1 aliphatic rings. The number of aromatic nitrogens is 2. The summed E-state index contributed by atoms with van der Waals surface area (Å²) in [6.45, 7) is 0.361. The molecule has 2 unspecified atom stereocenters. The number of carbonyl (C=O) groups is 1. The molecule has 1 saturated heterocycles.